The molecule has 3 aromatic rings. The second-order valence-corrected chi connectivity index (χ2v) is 3.50. The van der Waals surface area contributed by atoms with E-state index in [4.69, 9.17) is 10.2 Å². The molecule has 3 heterocycles. The number of aromatic amines is 1. The number of aromatic nitrogens is 4. The SMILES string of the molecule is Cc1ccc2oc(-c3cc(N)n[nH]3)nc2n1. The fourth-order valence-corrected chi connectivity index (χ4v) is 1.48. The molecule has 3 rings (SSSR count). The highest BCUT2D eigenvalue weighted by atomic mass is 16.3. The molecule has 3 N–H and O–H groups in total. The van der Waals surface area contributed by atoms with Gasteiger partial charge in [0.25, 0.3) is 0 Å². The Morgan fingerprint density at radius 3 is 2.94 bits per heavy atom. The zero-order valence-corrected chi connectivity index (χ0v) is 8.56. The predicted octanol–water partition coefficient (Wildman–Crippen LogP) is 1.50. The van der Waals surface area contributed by atoms with Gasteiger partial charge in [0.15, 0.2) is 11.2 Å². The minimum Gasteiger partial charge on any atom is -0.433 e. The third kappa shape index (κ3) is 1.31. The molecule has 0 radical (unpaired) electrons. The molecular weight excluding hydrogens is 206 g/mol. The van der Waals surface area contributed by atoms with E-state index in [0.717, 1.165) is 5.69 Å². The molecule has 0 unspecified atom stereocenters. The average Bonchev–Trinajstić information content (AvgIpc) is 2.83. The van der Waals surface area contributed by atoms with Crippen molar-refractivity contribution in [2.75, 3.05) is 5.73 Å². The minimum atomic E-state index is 0.404. The van der Waals surface area contributed by atoms with Crippen molar-refractivity contribution < 1.29 is 4.42 Å². The Bertz CT molecular complexity index is 654. The van der Waals surface area contributed by atoms with Crippen molar-refractivity contribution in [3.8, 4) is 11.6 Å². The Morgan fingerprint density at radius 1 is 1.31 bits per heavy atom. The Balaban J connectivity index is 2.18. The summed E-state index contributed by atoms with van der Waals surface area (Å²) in [6.45, 7) is 1.90. The van der Waals surface area contributed by atoms with Crippen molar-refractivity contribution in [3.63, 3.8) is 0 Å². The van der Waals surface area contributed by atoms with Crippen LogP contribution in [-0.2, 0) is 0 Å². The van der Waals surface area contributed by atoms with Gasteiger partial charge in [0, 0.05) is 11.8 Å². The number of nitrogens with one attached hydrogen (secondary N) is 1. The molecule has 0 fully saturated rings. The average molecular weight is 215 g/mol. The van der Waals surface area contributed by atoms with E-state index in [1.165, 1.54) is 0 Å². The Labute approximate surface area is 90.5 Å². The number of oxazole rings is 1. The second-order valence-electron chi connectivity index (χ2n) is 3.50. The van der Waals surface area contributed by atoms with E-state index in [2.05, 4.69) is 20.2 Å². The van der Waals surface area contributed by atoms with E-state index in [1.807, 2.05) is 19.1 Å². The maximum absolute atomic E-state index is 5.52. The largest absolute Gasteiger partial charge is 0.433 e. The Kier molecular flexibility index (Phi) is 1.70. The van der Waals surface area contributed by atoms with Gasteiger partial charge in [0.1, 0.15) is 11.5 Å². The van der Waals surface area contributed by atoms with Gasteiger partial charge in [-0.1, -0.05) is 0 Å². The van der Waals surface area contributed by atoms with Crippen LogP contribution in [0.1, 0.15) is 5.69 Å². The summed E-state index contributed by atoms with van der Waals surface area (Å²) in [5, 5.41) is 6.55. The highest BCUT2D eigenvalue weighted by Crippen LogP contribution is 2.22. The summed E-state index contributed by atoms with van der Waals surface area (Å²) < 4.78 is 5.52. The molecule has 6 nitrogen and oxygen atoms in total. The number of nitrogens with two attached hydrogens (primary N) is 1. The lowest BCUT2D eigenvalue weighted by molar-refractivity contribution is 0.616. The van der Waals surface area contributed by atoms with Crippen LogP contribution in [0.5, 0.6) is 0 Å². The molecule has 3 aromatic heterocycles. The van der Waals surface area contributed by atoms with Gasteiger partial charge in [0.2, 0.25) is 5.89 Å². The highest BCUT2D eigenvalue weighted by molar-refractivity contribution is 5.71. The molecule has 0 aliphatic carbocycles. The van der Waals surface area contributed by atoms with Crippen LogP contribution >= 0.6 is 0 Å². The van der Waals surface area contributed by atoms with E-state index in [9.17, 15) is 0 Å². The summed E-state index contributed by atoms with van der Waals surface area (Å²) in [5.74, 6) is 0.846. The first-order chi connectivity index (χ1) is 7.72. The summed E-state index contributed by atoms with van der Waals surface area (Å²) in [7, 11) is 0. The third-order valence-electron chi connectivity index (χ3n) is 2.22. The van der Waals surface area contributed by atoms with Crippen molar-refractivity contribution in [1.29, 1.82) is 0 Å². The van der Waals surface area contributed by atoms with E-state index in [1.54, 1.807) is 6.07 Å². The van der Waals surface area contributed by atoms with Crippen molar-refractivity contribution in [2.45, 2.75) is 6.92 Å². The number of H-pyrrole nitrogens is 1. The third-order valence-corrected chi connectivity index (χ3v) is 2.22. The van der Waals surface area contributed by atoms with Crippen LogP contribution in [0.4, 0.5) is 5.82 Å². The summed E-state index contributed by atoms with van der Waals surface area (Å²) in [6.07, 6.45) is 0. The number of nitrogen functional groups attached to an aromatic ring is 1. The van der Waals surface area contributed by atoms with Gasteiger partial charge in [0.05, 0.1) is 0 Å². The second kappa shape index (κ2) is 3.06. The fraction of sp³-hybridized carbons (Fsp3) is 0.100. The van der Waals surface area contributed by atoms with Gasteiger partial charge in [-0.2, -0.15) is 10.1 Å². The number of hydrogen-bond acceptors (Lipinski definition) is 5. The van der Waals surface area contributed by atoms with Crippen LogP contribution in [0.15, 0.2) is 22.6 Å². The van der Waals surface area contributed by atoms with Gasteiger partial charge in [-0.15, -0.1) is 0 Å². The first kappa shape index (κ1) is 8.90. The first-order valence-electron chi connectivity index (χ1n) is 4.78. The summed E-state index contributed by atoms with van der Waals surface area (Å²) in [6, 6.07) is 5.38. The highest BCUT2D eigenvalue weighted by Gasteiger charge is 2.11. The molecule has 0 saturated carbocycles. The summed E-state index contributed by atoms with van der Waals surface area (Å²) in [5.41, 5.74) is 8.29. The van der Waals surface area contributed by atoms with E-state index in [0.29, 0.717) is 28.6 Å². The number of pyridine rings is 1. The molecule has 16 heavy (non-hydrogen) atoms. The van der Waals surface area contributed by atoms with Crippen LogP contribution in [-0.4, -0.2) is 20.2 Å². The fourth-order valence-electron chi connectivity index (χ4n) is 1.48. The molecular formula is C10H9N5O. The molecule has 0 aliphatic rings. The van der Waals surface area contributed by atoms with E-state index < -0.39 is 0 Å². The van der Waals surface area contributed by atoms with Crippen LogP contribution in [0.2, 0.25) is 0 Å². The lowest BCUT2D eigenvalue weighted by Crippen LogP contribution is -1.81. The molecule has 0 aliphatic heterocycles. The molecule has 6 heteroatoms. The zero-order chi connectivity index (χ0) is 11.1. The molecule has 0 spiro atoms. The molecule has 0 saturated heterocycles. The quantitative estimate of drug-likeness (QED) is 0.641. The zero-order valence-electron chi connectivity index (χ0n) is 8.56. The van der Waals surface area contributed by atoms with Crippen molar-refractivity contribution in [2.24, 2.45) is 0 Å². The van der Waals surface area contributed by atoms with E-state index >= 15 is 0 Å². The molecule has 0 aromatic carbocycles. The van der Waals surface area contributed by atoms with Crippen LogP contribution in [0.25, 0.3) is 22.8 Å². The number of anilines is 1. The number of fused-ring (bicyclic) bond motifs is 1. The lowest BCUT2D eigenvalue weighted by Gasteiger charge is -1.86. The van der Waals surface area contributed by atoms with Gasteiger partial charge in [-0.05, 0) is 19.1 Å². The van der Waals surface area contributed by atoms with Crippen molar-refractivity contribution >= 4 is 17.0 Å². The Morgan fingerprint density at radius 2 is 2.19 bits per heavy atom. The van der Waals surface area contributed by atoms with Crippen molar-refractivity contribution in [3.05, 3.63) is 23.9 Å². The number of nitrogens with zero attached hydrogens (tertiary/aromatic N) is 3. The lowest BCUT2D eigenvalue weighted by atomic mass is 10.4. The smallest absolute Gasteiger partial charge is 0.247 e. The van der Waals surface area contributed by atoms with Gasteiger partial charge < -0.3 is 10.2 Å². The predicted molar refractivity (Wildman–Crippen MR) is 58.5 cm³/mol. The summed E-state index contributed by atoms with van der Waals surface area (Å²) in [4.78, 5) is 8.51. The maximum atomic E-state index is 5.52. The first-order valence-corrected chi connectivity index (χ1v) is 4.78. The van der Waals surface area contributed by atoms with Crippen molar-refractivity contribution in [1.82, 2.24) is 20.2 Å². The van der Waals surface area contributed by atoms with Gasteiger partial charge in [-0.3, -0.25) is 5.10 Å². The number of aryl methyl sites for hydroxylation is 1. The Hall–Kier alpha value is -2.37. The molecule has 0 amide bonds. The van der Waals surface area contributed by atoms with Crippen LogP contribution < -0.4 is 5.73 Å². The monoisotopic (exact) mass is 215 g/mol. The van der Waals surface area contributed by atoms with Crippen LogP contribution in [0.3, 0.4) is 0 Å². The minimum absolute atomic E-state index is 0.404. The van der Waals surface area contributed by atoms with Gasteiger partial charge in [-0.25, -0.2) is 4.98 Å². The number of rotatable bonds is 1. The normalized spacial score (nSPS) is 11.1. The summed E-state index contributed by atoms with van der Waals surface area (Å²) >= 11 is 0. The molecule has 0 atom stereocenters. The maximum Gasteiger partial charge on any atom is 0.247 e. The topological polar surface area (TPSA) is 93.6 Å². The molecule has 80 valence electrons. The van der Waals surface area contributed by atoms with Crippen LogP contribution in [0, 0.1) is 6.92 Å². The van der Waals surface area contributed by atoms with E-state index in [-0.39, 0.29) is 0 Å². The van der Waals surface area contributed by atoms with Gasteiger partial charge >= 0.3 is 0 Å². The standard InChI is InChI=1S/C10H9N5O/c1-5-2-3-7-9(12-5)13-10(16-7)6-4-8(11)15-14-6/h2-4H,1H3,(H3,11,14,15). The molecule has 0 bridgehead atoms. The number of hydrogen-bond donors (Lipinski definition) is 2.